The third-order valence-electron chi connectivity index (χ3n) is 4.17. The molecule has 1 aliphatic heterocycles. The normalized spacial score (nSPS) is 18.3. The number of hydrogen-bond donors (Lipinski definition) is 1. The van der Waals surface area contributed by atoms with Crippen LogP contribution in [0.1, 0.15) is 38.8 Å². The molecule has 0 saturated carbocycles. The summed E-state index contributed by atoms with van der Waals surface area (Å²) in [5, 5.41) is 1.97. The largest absolute Gasteiger partial charge is 0.471 e. The number of esters is 1. The molecule has 10 heteroatoms. The van der Waals surface area contributed by atoms with Gasteiger partial charge in [0.2, 0.25) is 0 Å². The number of alkyl halides is 3. The number of amides is 1. The summed E-state index contributed by atoms with van der Waals surface area (Å²) in [5.74, 6) is -3.55. The van der Waals surface area contributed by atoms with Crippen molar-refractivity contribution >= 4 is 11.9 Å². The maximum Gasteiger partial charge on any atom is 0.471 e. The Hall–Kier alpha value is -2.20. The summed E-state index contributed by atoms with van der Waals surface area (Å²) >= 11 is 0. The second kappa shape index (κ2) is 8.87. The van der Waals surface area contributed by atoms with E-state index in [1.54, 1.807) is 38.2 Å². The topological polar surface area (TPSA) is 86.8 Å². The van der Waals surface area contributed by atoms with Crippen LogP contribution in [0.15, 0.2) is 24.4 Å². The monoisotopic (exact) mass is 404 g/mol. The Labute approximate surface area is 160 Å². The summed E-state index contributed by atoms with van der Waals surface area (Å²) in [7, 11) is 0. The lowest BCUT2D eigenvalue weighted by Crippen LogP contribution is -2.62. The van der Waals surface area contributed by atoms with E-state index >= 15 is 0 Å². The van der Waals surface area contributed by atoms with E-state index in [9.17, 15) is 22.8 Å². The average molecular weight is 404 g/mol. The highest BCUT2D eigenvalue weighted by molar-refractivity contribution is 5.82. The minimum absolute atomic E-state index is 0.00996. The first-order valence-electron chi connectivity index (χ1n) is 8.74. The Balaban J connectivity index is 1.88. The van der Waals surface area contributed by atoms with Gasteiger partial charge in [-0.05, 0) is 38.8 Å². The molecule has 0 unspecified atom stereocenters. The number of nitrogens with one attached hydrogen (secondary N) is 1. The molecule has 156 valence electrons. The number of pyridine rings is 1. The van der Waals surface area contributed by atoms with Gasteiger partial charge in [-0.15, -0.1) is 0 Å². The third-order valence-corrected chi connectivity index (χ3v) is 4.17. The van der Waals surface area contributed by atoms with E-state index in [0.29, 0.717) is 5.69 Å². The van der Waals surface area contributed by atoms with Crippen molar-refractivity contribution in [1.29, 1.82) is 0 Å². The average Bonchev–Trinajstić information content (AvgIpc) is 2.63. The minimum Gasteiger partial charge on any atom is -0.459 e. The number of carbonyl (C=O) groups is 2. The minimum atomic E-state index is -5.03. The Morgan fingerprint density at radius 1 is 1.25 bits per heavy atom. The van der Waals surface area contributed by atoms with Crippen LogP contribution in [-0.2, 0) is 30.4 Å². The van der Waals surface area contributed by atoms with Gasteiger partial charge in [-0.25, -0.2) is 0 Å². The van der Waals surface area contributed by atoms with Gasteiger partial charge in [0.15, 0.2) is 5.79 Å². The third kappa shape index (κ3) is 6.75. The molecule has 0 atom stereocenters. The molecule has 2 rings (SSSR count). The molecule has 1 aromatic rings. The first-order valence-corrected chi connectivity index (χ1v) is 8.74. The number of aromatic nitrogens is 1. The van der Waals surface area contributed by atoms with E-state index in [1.807, 2.05) is 5.32 Å². The Bertz CT molecular complexity index is 670. The van der Waals surface area contributed by atoms with E-state index in [1.165, 1.54) is 0 Å². The van der Waals surface area contributed by atoms with Crippen LogP contribution in [0.25, 0.3) is 0 Å². The van der Waals surface area contributed by atoms with E-state index in [-0.39, 0.29) is 39.1 Å². The fourth-order valence-electron chi connectivity index (χ4n) is 2.58. The van der Waals surface area contributed by atoms with Crippen molar-refractivity contribution < 1.29 is 37.0 Å². The molecule has 0 aliphatic carbocycles. The van der Waals surface area contributed by atoms with E-state index < -0.39 is 29.4 Å². The number of ether oxygens (including phenoxy) is 3. The number of hydrogen-bond acceptors (Lipinski definition) is 6. The van der Waals surface area contributed by atoms with Crippen LogP contribution in [0, 0.1) is 0 Å². The van der Waals surface area contributed by atoms with Crippen molar-refractivity contribution in [2.75, 3.05) is 13.2 Å². The highest BCUT2D eigenvalue weighted by Crippen LogP contribution is 2.29. The summed E-state index contributed by atoms with van der Waals surface area (Å²) in [5.41, 5.74) is -0.787. The molecule has 0 spiro atoms. The molecule has 0 aromatic carbocycles. The van der Waals surface area contributed by atoms with E-state index in [0.717, 1.165) is 0 Å². The standard InChI is InChI=1S/C18H23F3N2O5/c1-16(2)27-11-17(12-28-16,23-15(25)18(19,20)21)8-5-7-14(24)26-10-13-6-3-4-9-22-13/h3-4,6,9H,5,7-8,10-12H2,1-2H3,(H,23,25). The molecule has 1 N–H and O–H groups in total. The van der Waals surface area contributed by atoms with E-state index in [4.69, 9.17) is 14.2 Å². The van der Waals surface area contributed by atoms with E-state index in [2.05, 4.69) is 4.98 Å². The second-order valence-electron chi connectivity index (χ2n) is 7.04. The van der Waals surface area contributed by atoms with Crippen LogP contribution < -0.4 is 5.32 Å². The van der Waals surface area contributed by atoms with Gasteiger partial charge in [0.25, 0.3) is 0 Å². The molecular formula is C18H23F3N2O5. The summed E-state index contributed by atoms with van der Waals surface area (Å²) in [6.07, 6.45) is -3.24. The van der Waals surface area contributed by atoms with Crippen molar-refractivity contribution in [2.24, 2.45) is 0 Å². The number of halogens is 3. The summed E-state index contributed by atoms with van der Waals surface area (Å²) in [6.45, 7) is 2.93. The van der Waals surface area contributed by atoms with Crippen molar-refractivity contribution in [1.82, 2.24) is 10.3 Å². The van der Waals surface area contributed by atoms with Crippen LogP contribution >= 0.6 is 0 Å². The molecule has 1 fully saturated rings. The lowest BCUT2D eigenvalue weighted by Gasteiger charge is -2.44. The Morgan fingerprint density at radius 3 is 2.50 bits per heavy atom. The molecule has 1 aromatic heterocycles. The van der Waals surface area contributed by atoms with Gasteiger partial charge in [-0.3, -0.25) is 14.6 Å². The highest BCUT2D eigenvalue weighted by atomic mass is 19.4. The van der Waals surface area contributed by atoms with Gasteiger partial charge in [-0.1, -0.05) is 6.07 Å². The SMILES string of the molecule is CC1(C)OCC(CCCC(=O)OCc2ccccn2)(NC(=O)C(F)(F)F)CO1. The molecular weight excluding hydrogens is 381 g/mol. The molecule has 1 aliphatic rings. The van der Waals surface area contributed by atoms with Crippen LogP contribution in [0.3, 0.4) is 0 Å². The fourth-order valence-corrected chi connectivity index (χ4v) is 2.58. The molecule has 0 bridgehead atoms. The lowest BCUT2D eigenvalue weighted by atomic mass is 9.92. The zero-order chi connectivity index (χ0) is 20.8. The van der Waals surface area contributed by atoms with Gasteiger partial charge >= 0.3 is 18.1 Å². The molecule has 2 heterocycles. The first-order chi connectivity index (χ1) is 13.0. The van der Waals surface area contributed by atoms with Crippen LogP contribution in [-0.4, -0.2) is 47.6 Å². The molecule has 7 nitrogen and oxygen atoms in total. The first kappa shape index (κ1) is 22.1. The smallest absolute Gasteiger partial charge is 0.459 e. The van der Waals surface area contributed by atoms with Crippen molar-refractivity contribution in [3.05, 3.63) is 30.1 Å². The quantitative estimate of drug-likeness (QED) is 0.703. The van der Waals surface area contributed by atoms with Gasteiger partial charge in [0, 0.05) is 12.6 Å². The zero-order valence-corrected chi connectivity index (χ0v) is 15.7. The predicted molar refractivity (Wildman–Crippen MR) is 90.8 cm³/mol. The van der Waals surface area contributed by atoms with Gasteiger partial charge in [0.05, 0.1) is 24.4 Å². The number of rotatable bonds is 7. The predicted octanol–water partition coefficient (Wildman–Crippen LogP) is 2.50. The highest BCUT2D eigenvalue weighted by Gasteiger charge is 2.47. The number of nitrogens with zero attached hydrogens (tertiary/aromatic N) is 1. The molecule has 28 heavy (non-hydrogen) atoms. The van der Waals surface area contributed by atoms with Crippen molar-refractivity contribution in [3.8, 4) is 0 Å². The molecule has 1 amide bonds. The van der Waals surface area contributed by atoms with Crippen LogP contribution in [0.4, 0.5) is 13.2 Å². The Morgan fingerprint density at radius 2 is 1.93 bits per heavy atom. The van der Waals surface area contributed by atoms with Gasteiger partial charge in [0.1, 0.15) is 6.61 Å². The lowest BCUT2D eigenvalue weighted by molar-refractivity contribution is -0.273. The molecule has 0 radical (unpaired) electrons. The zero-order valence-electron chi connectivity index (χ0n) is 15.7. The summed E-state index contributed by atoms with van der Waals surface area (Å²) < 4.78 is 53.9. The summed E-state index contributed by atoms with van der Waals surface area (Å²) in [4.78, 5) is 27.3. The van der Waals surface area contributed by atoms with Gasteiger partial charge in [-0.2, -0.15) is 13.2 Å². The van der Waals surface area contributed by atoms with Crippen molar-refractivity contribution in [3.63, 3.8) is 0 Å². The van der Waals surface area contributed by atoms with Crippen molar-refractivity contribution in [2.45, 2.75) is 57.2 Å². The van der Waals surface area contributed by atoms with Crippen LogP contribution in [0.5, 0.6) is 0 Å². The Kier molecular flexibility index (Phi) is 7.00. The van der Waals surface area contributed by atoms with Crippen LogP contribution in [0.2, 0.25) is 0 Å². The maximum absolute atomic E-state index is 12.7. The summed E-state index contributed by atoms with van der Waals surface area (Å²) in [6, 6.07) is 5.19. The van der Waals surface area contributed by atoms with Gasteiger partial charge < -0.3 is 19.5 Å². The molecule has 1 saturated heterocycles. The second-order valence-corrected chi connectivity index (χ2v) is 7.04. The number of carbonyl (C=O) groups excluding carboxylic acids is 2. The fraction of sp³-hybridized carbons (Fsp3) is 0.611. The maximum atomic E-state index is 12.7.